The Bertz CT molecular complexity index is 1380. The molecule has 0 heterocycles. The summed E-state index contributed by atoms with van der Waals surface area (Å²) in [6.07, 6.45) is -1.29. The van der Waals surface area contributed by atoms with Crippen molar-refractivity contribution in [1.82, 2.24) is 4.90 Å². The molecule has 1 saturated carbocycles. The van der Waals surface area contributed by atoms with E-state index in [1.165, 1.54) is 38.1 Å². The number of phenols is 1. The molecule has 208 valence electrons. The first-order valence-electron chi connectivity index (χ1n) is 12.2. The molecular weight excluding hydrogens is 514 g/mol. The van der Waals surface area contributed by atoms with Gasteiger partial charge in [-0.2, -0.15) is 0 Å². The number of primary amides is 1. The van der Waals surface area contributed by atoms with Crippen LogP contribution in [0.15, 0.2) is 29.0 Å². The summed E-state index contributed by atoms with van der Waals surface area (Å²) in [5.41, 5.74) is 0.871. The number of hydrogen-bond acceptors (Lipinski definition) is 11. The maximum Gasteiger partial charge on any atom is 0.305 e. The Morgan fingerprint density at radius 2 is 1.85 bits per heavy atom. The van der Waals surface area contributed by atoms with Crippen molar-refractivity contribution < 1.29 is 49.1 Å². The molecule has 0 aliphatic heterocycles. The van der Waals surface area contributed by atoms with Gasteiger partial charge in [-0.05, 0) is 31.6 Å². The molecule has 1 fully saturated rings. The maximum absolute atomic E-state index is 14.1. The highest BCUT2D eigenvalue weighted by Gasteiger charge is 2.69. The lowest BCUT2D eigenvalue weighted by Crippen LogP contribution is -2.71. The van der Waals surface area contributed by atoms with Crippen LogP contribution in [-0.4, -0.2) is 87.0 Å². The van der Waals surface area contributed by atoms with E-state index in [0.717, 1.165) is 0 Å². The zero-order chi connectivity index (χ0) is 29.1. The normalized spacial score (nSPS) is 29.9. The summed E-state index contributed by atoms with van der Waals surface area (Å²) in [4.78, 5) is 64.7. The number of likely N-dealkylation sites (N-methyl/N-ethyl adjacent to an activating group) is 1. The molecule has 0 bridgehead atoms. The lowest BCUT2D eigenvalue weighted by molar-refractivity contribution is -0.185. The third-order valence-corrected chi connectivity index (χ3v) is 7.87. The van der Waals surface area contributed by atoms with Crippen LogP contribution in [0.25, 0.3) is 5.76 Å². The molecule has 4 rings (SSSR count). The Kier molecular flexibility index (Phi) is 6.77. The Morgan fingerprint density at radius 3 is 2.38 bits per heavy atom. The number of fused-ring (bicyclic) bond motifs is 3. The van der Waals surface area contributed by atoms with Gasteiger partial charge in [-0.3, -0.25) is 28.9 Å². The Balaban J connectivity index is 2.11. The van der Waals surface area contributed by atoms with Gasteiger partial charge in [0.15, 0.2) is 11.4 Å². The molecule has 13 heteroatoms. The first kappa shape index (κ1) is 27.8. The van der Waals surface area contributed by atoms with E-state index >= 15 is 0 Å². The fourth-order valence-electron chi connectivity index (χ4n) is 6.14. The van der Waals surface area contributed by atoms with Gasteiger partial charge < -0.3 is 36.2 Å². The van der Waals surface area contributed by atoms with Gasteiger partial charge in [0.1, 0.15) is 28.9 Å². The molecule has 0 radical (unpaired) electrons. The number of esters is 1. The SMILES string of the molecule is CCC(=O)O[C@@H]1[C@@H]2C(=C(O)c3c(ccc(NC=O)c3O)[C@H]2C)C(=O)[C@@]2(O)C(O)=C(C(N)=O)C(=O)[C@H](N(C)C)[C@@H]12. The summed E-state index contributed by atoms with van der Waals surface area (Å²) < 4.78 is 5.75. The number of benzene rings is 1. The lowest BCUT2D eigenvalue weighted by atomic mass is 9.54. The van der Waals surface area contributed by atoms with Crippen molar-refractivity contribution in [2.45, 2.75) is 43.9 Å². The van der Waals surface area contributed by atoms with Crippen LogP contribution >= 0.6 is 0 Å². The number of carbonyl (C=O) groups is 5. The van der Waals surface area contributed by atoms with Crippen LogP contribution in [0.1, 0.15) is 37.3 Å². The van der Waals surface area contributed by atoms with Crippen molar-refractivity contribution in [2.24, 2.45) is 17.6 Å². The van der Waals surface area contributed by atoms with E-state index in [2.05, 4.69) is 5.32 Å². The number of anilines is 1. The van der Waals surface area contributed by atoms with Crippen molar-refractivity contribution in [3.8, 4) is 5.75 Å². The highest BCUT2D eigenvalue weighted by molar-refractivity contribution is 6.24. The molecule has 0 saturated heterocycles. The van der Waals surface area contributed by atoms with E-state index in [1.54, 1.807) is 6.92 Å². The number of nitrogens with two attached hydrogens (primary N) is 1. The highest BCUT2D eigenvalue weighted by Crippen LogP contribution is 2.57. The van der Waals surface area contributed by atoms with Gasteiger partial charge >= 0.3 is 5.97 Å². The molecule has 0 spiro atoms. The highest BCUT2D eigenvalue weighted by atomic mass is 16.5. The predicted octanol–water partition coefficient (Wildman–Crippen LogP) is 0.0250. The van der Waals surface area contributed by atoms with Crippen LogP contribution in [0.5, 0.6) is 5.75 Å². The summed E-state index contributed by atoms with van der Waals surface area (Å²) in [6, 6.07) is 1.43. The van der Waals surface area contributed by atoms with Gasteiger partial charge in [0.25, 0.3) is 5.91 Å². The summed E-state index contributed by atoms with van der Waals surface area (Å²) in [5, 5.41) is 47.5. The number of aliphatic hydroxyl groups is 3. The molecule has 7 N–H and O–H groups in total. The minimum Gasteiger partial charge on any atom is -0.508 e. The number of ether oxygens (including phenoxy) is 1. The third-order valence-electron chi connectivity index (χ3n) is 7.87. The minimum atomic E-state index is -3.02. The fourth-order valence-corrected chi connectivity index (χ4v) is 6.14. The van der Waals surface area contributed by atoms with Gasteiger partial charge in [0, 0.05) is 17.9 Å². The Morgan fingerprint density at radius 1 is 1.21 bits per heavy atom. The van der Waals surface area contributed by atoms with Gasteiger partial charge in [-0.25, -0.2) is 0 Å². The van der Waals surface area contributed by atoms with Gasteiger partial charge in [0.05, 0.1) is 23.2 Å². The second-order valence-corrected chi connectivity index (χ2v) is 10.1. The van der Waals surface area contributed by atoms with E-state index < -0.39 is 87.4 Å². The number of Topliss-reactive ketones (excluding diaryl/α,β-unsaturated/α-hetero) is 2. The molecule has 1 aromatic carbocycles. The number of amides is 2. The average Bonchev–Trinajstić information content (AvgIpc) is 2.86. The van der Waals surface area contributed by atoms with Crippen LogP contribution in [-0.2, 0) is 28.7 Å². The average molecular weight is 544 g/mol. The molecule has 13 nitrogen and oxygen atoms in total. The Hall–Kier alpha value is -4.23. The molecule has 6 atom stereocenters. The van der Waals surface area contributed by atoms with Crippen LogP contribution < -0.4 is 11.1 Å². The fraction of sp³-hybridized carbons (Fsp3) is 0.423. The topological polar surface area (TPSA) is 217 Å². The third kappa shape index (κ3) is 3.72. The number of aliphatic hydroxyl groups excluding tert-OH is 2. The van der Waals surface area contributed by atoms with E-state index in [1.807, 2.05) is 0 Å². The molecule has 3 aliphatic carbocycles. The molecule has 3 aliphatic rings. The van der Waals surface area contributed by atoms with Crippen molar-refractivity contribution in [3.05, 3.63) is 40.2 Å². The number of nitrogens with zero attached hydrogens (tertiary/aromatic N) is 1. The summed E-state index contributed by atoms with van der Waals surface area (Å²) in [6.45, 7) is 3.14. The number of rotatable bonds is 6. The molecule has 1 aromatic rings. The second kappa shape index (κ2) is 9.50. The van der Waals surface area contributed by atoms with E-state index in [9.17, 15) is 44.4 Å². The zero-order valence-electron chi connectivity index (χ0n) is 21.6. The van der Waals surface area contributed by atoms with Gasteiger partial charge in [-0.15, -0.1) is 0 Å². The van der Waals surface area contributed by atoms with E-state index in [-0.39, 0.29) is 17.7 Å². The number of ketones is 2. The standard InChI is InChI=1S/C26H29N3O10/c1-5-12(31)39-22-13-9(2)10-6-7-11(28-8-30)19(32)14(10)20(33)15(13)23(35)26(38)17(22)18(29(3)4)21(34)16(24(26)36)25(27)37/h6-9,13,17-18,22,32-33,36,38H,5H2,1-4H3,(H2,27,37)(H,28,30)/t9-,13+,17+,18-,22-,26-/m1/s1. The first-order chi connectivity index (χ1) is 18.2. The second-order valence-electron chi connectivity index (χ2n) is 10.1. The predicted molar refractivity (Wildman–Crippen MR) is 134 cm³/mol. The van der Waals surface area contributed by atoms with Crippen molar-refractivity contribution in [1.29, 1.82) is 0 Å². The largest absolute Gasteiger partial charge is 0.508 e. The number of hydrogen-bond donors (Lipinski definition) is 6. The monoisotopic (exact) mass is 543 g/mol. The van der Waals surface area contributed by atoms with Crippen LogP contribution in [0, 0.1) is 11.8 Å². The molecule has 39 heavy (non-hydrogen) atoms. The van der Waals surface area contributed by atoms with Gasteiger partial charge in [-0.1, -0.05) is 19.9 Å². The quantitative estimate of drug-likeness (QED) is 0.122. The van der Waals surface area contributed by atoms with E-state index in [0.29, 0.717) is 12.0 Å². The number of phenolic OH excluding ortho intramolecular Hbond substituents is 1. The smallest absolute Gasteiger partial charge is 0.305 e. The van der Waals surface area contributed by atoms with Crippen molar-refractivity contribution >= 4 is 41.3 Å². The number of nitrogens with one attached hydrogen (secondary N) is 1. The van der Waals surface area contributed by atoms with Crippen molar-refractivity contribution in [2.75, 3.05) is 19.4 Å². The van der Waals surface area contributed by atoms with Crippen LogP contribution in [0.3, 0.4) is 0 Å². The van der Waals surface area contributed by atoms with Gasteiger partial charge in [0.2, 0.25) is 12.2 Å². The summed E-state index contributed by atoms with van der Waals surface area (Å²) in [5.74, 6) is -10.6. The van der Waals surface area contributed by atoms with Crippen molar-refractivity contribution in [3.63, 3.8) is 0 Å². The molecular formula is C26H29N3O10. The minimum absolute atomic E-state index is 0.0787. The van der Waals surface area contributed by atoms with E-state index in [4.69, 9.17) is 10.5 Å². The zero-order valence-corrected chi connectivity index (χ0v) is 21.6. The molecule has 2 amide bonds. The lowest BCUT2D eigenvalue weighted by Gasteiger charge is -2.54. The Labute approximate surface area is 222 Å². The maximum atomic E-state index is 14.1. The first-order valence-corrected chi connectivity index (χ1v) is 12.2. The molecule has 0 aromatic heterocycles. The van der Waals surface area contributed by atoms with Crippen LogP contribution in [0.4, 0.5) is 5.69 Å². The number of carbonyl (C=O) groups excluding carboxylic acids is 5. The summed E-state index contributed by atoms with van der Waals surface area (Å²) >= 11 is 0. The van der Waals surface area contributed by atoms with Crippen LogP contribution in [0.2, 0.25) is 0 Å². The molecule has 0 unspecified atom stereocenters. The summed E-state index contributed by atoms with van der Waals surface area (Å²) in [7, 11) is 2.88. The number of aromatic hydroxyl groups is 1.